The van der Waals surface area contributed by atoms with Crippen molar-refractivity contribution in [3.63, 3.8) is 0 Å². The Morgan fingerprint density at radius 2 is 2.14 bits per heavy atom. The minimum absolute atomic E-state index is 0.0662. The highest BCUT2D eigenvalue weighted by Crippen LogP contribution is 2.39. The van der Waals surface area contributed by atoms with Gasteiger partial charge in [-0.1, -0.05) is 0 Å². The predicted octanol–water partition coefficient (Wildman–Crippen LogP) is 1.88. The molecule has 2 aliphatic rings. The summed E-state index contributed by atoms with van der Waals surface area (Å²) in [5.74, 6) is 0.104. The van der Waals surface area contributed by atoms with Gasteiger partial charge < -0.3 is 14.1 Å². The van der Waals surface area contributed by atoms with E-state index in [2.05, 4.69) is 4.90 Å². The summed E-state index contributed by atoms with van der Waals surface area (Å²) >= 11 is 0. The summed E-state index contributed by atoms with van der Waals surface area (Å²) < 4.78 is 11.3. The number of hydrogen-bond acceptors (Lipinski definition) is 4. The Kier molecular flexibility index (Phi) is 4.04. The Morgan fingerprint density at radius 3 is 2.76 bits per heavy atom. The molecule has 1 amide bonds. The van der Waals surface area contributed by atoms with Crippen LogP contribution in [0.4, 0.5) is 0 Å². The highest BCUT2D eigenvalue weighted by atomic mass is 16.5. The molecule has 0 saturated carbocycles. The van der Waals surface area contributed by atoms with Gasteiger partial charge >= 0.3 is 0 Å². The van der Waals surface area contributed by atoms with Gasteiger partial charge in [0, 0.05) is 39.3 Å². The topological polar surface area (TPSA) is 45.9 Å². The molecule has 2 saturated heterocycles. The number of carbonyl (C=O) groups is 1. The monoisotopic (exact) mass is 292 g/mol. The molecular formula is C16H24N2O3. The van der Waals surface area contributed by atoms with E-state index in [0.717, 1.165) is 45.3 Å². The fourth-order valence-corrected chi connectivity index (χ4v) is 3.40. The van der Waals surface area contributed by atoms with Crippen LogP contribution in [0.25, 0.3) is 0 Å². The SMILES string of the molecule is CN(C)C(=O)[C@H]1CCC2(CCN(Cc3ccoc3)CC2)O1. The van der Waals surface area contributed by atoms with E-state index in [1.165, 1.54) is 5.56 Å². The first kappa shape index (κ1) is 14.6. The molecule has 1 atom stereocenters. The quantitative estimate of drug-likeness (QED) is 0.853. The maximum absolute atomic E-state index is 12.0. The van der Waals surface area contributed by atoms with Gasteiger partial charge in [0.1, 0.15) is 6.10 Å². The van der Waals surface area contributed by atoms with Crippen molar-refractivity contribution in [2.75, 3.05) is 27.2 Å². The highest BCUT2D eigenvalue weighted by molar-refractivity contribution is 5.80. The molecule has 1 spiro atoms. The molecule has 0 unspecified atom stereocenters. The van der Waals surface area contributed by atoms with Crippen LogP contribution >= 0.6 is 0 Å². The van der Waals surface area contributed by atoms with Gasteiger partial charge in [-0.3, -0.25) is 9.69 Å². The largest absolute Gasteiger partial charge is 0.472 e. The molecule has 2 aliphatic heterocycles. The van der Waals surface area contributed by atoms with Gasteiger partial charge in [-0.2, -0.15) is 0 Å². The molecule has 116 valence electrons. The van der Waals surface area contributed by atoms with Gasteiger partial charge in [0.25, 0.3) is 5.91 Å². The lowest BCUT2D eigenvalue weighted by molar-refractivity contribution is -0.148. The number of hydrogen-bond donors (Lipinski definition) is 0. The average Bonchev–Trinajstić information content (AvgIpc) is 3.11. The lowest BCUT2D eigenvalue weighted by Gasteiger charge is -2.39. The number of likely N-dealkylation sites (tertiary alicyclic amines) is 1. The Morgan fingerprint density at radius 1 is 1.38 bits per heavy atom. The lowest BCUT2D eigenvalue weighted by atomic mass is 9.88. The van der Waals surface area contributed by atoms with Crippen LogP contribution in [-0.2, 0) is 16.1 Å². The summed E-state index contributed by atoms with van der Waals surface area (Å²) in [7, 11) is 3.59. The summed E-state index contributed by atoms with van der Waals surface area (Å²) in [6.07, 6.45) is 7.20. The third kappa shape index (κ3) is 3.14. The van der Waals surface area contributed by atoms with E-state index in [1.807, 2.05) is 12.3 Å². The van der Waals surface area contributed by atoms with Crippen molar-refractivity contribution in [3.8, 4) is 0 Å². The number of nitrogens with zero attached hydrogens (tertiary/aromatic N) is 2. The Labute approximate surface area is 125 Å². The second kappa shape index (κ2) is 5.81. The number of rotatable bonds is 3. The molecule has 0 aromatic carbocycles. The molecule has 0 aliphatic carbocycles. The molecule has 0 bridgehead atoms. The van der Waals surface area contributed by atoms with Crippen molar-refractivity contribution in [2.45, 2.75) is 43.9 Å². The van der Waals surface area contributed by atoms with Crippen molar-refractivity contribution in [3.05, 3.63) is 24.2 Å². The zero-order chi connectivity index (χ0) is 14.9. The number of furan rings is 1. The fraction of sp³-hybridized carbons (Fsp3) is 0.688. The Hall–Kier alpha value is -1.33. The smallest absolute Gasteiger partial charge is 0.251 e. The van der Waals surface area contributed by atoms with E-state index in [9.17, 15) is 4.79 Å². The molecule has 1 aromatic heterocycles. The molecule has 2 fully saturated rings. The van der Waals surface area contributed by atoms with Crippen LogP contribution < -0.4 is 0 Å². The number of carbonyl (C=O) groups excluding carboxylic acids is 1. The second-order valence-electron chi connectivity index (χ2n) is 6.47. The van der Waals surface area contributed by atoms with Gasteiger partial charge in [0.15, 0.2) is 0 Å². The number of likely N-dealkylation sites (N-methyl/N-ethyl adjacent to an activating group) is 1. The van der Waals surface area contributed by atoms with Gasteiger partial charge in [-0.05, 0) is 31.7 Å². The minimum Gasteiger partial charge on any atom is -0.472 e. The van der Waals surface area contributed by atoms with Gasteiger partial charge in [0.05, 0.1) is 18.1 Å². The van der Waals surface area contributed by atoms with Crippen molar-refractivity contribution < 1.29 is 13.9 Å². The fourth-order valence-electron chi connectivity index (χ4n) is 3.40. The number of piperidine rings is 1. The minimum atomic E-state index is -0.236. The molecule has 3 rings (SSSR count). The van der Waals surface area contributed by atoms with Crippen molar-refractivity contribution in [1.29, 1.82) is 0 Å². The van der Waals surface area contributed by atoms with Gasteiger partial charge in [-0.15, -0.1) is 0 Å². The van der Waals surface area contributed by atoms with Crippen LogP contribution in [-0.4, -0.2) is 54.6 Å². The normalized spacial score (nSPS) is 25.3. The zero-order valence-electron chi connectivity index (χ0n) is 12.9. The zero-order valence-corrected chi connectivity index (χ0v) is 12.9. The maximum Gasteiger partial charge on any atom is 0.251 e. The lowest BCUT2D eigenvalue weighted by Crippen LogP contribution is -2.45. The Balaban J connectivity index is 1.52. The standard InChI is InChI=1S/C16H24N2O3/c1-17(2)15(19)14-3-5-16(21-14)6-8-18(9-7-16)11-13-4-10-20-12-13/h4,10,12,14H,3,5-9,11H2,1-2H3/t14-/m1/s1. The van der Waals surface area contributed by atoms with Crippen LogP contribution in [0.1, 0.15) is 31.2 Å². The molecule has 0 N–H and O–H groups in total. The molecule has 21 heavy (non-hydrogen) atoms. The van der Waals surface area contributed by atoms with E-state index in [0.29, 0.717) is 0 Å². The molecule has 1 aromatic rings. The highest BCUT2D eigenvalue weighted by Gasteiger charge is 2.44. The van der Waals surface area contributed by atoms with E-state index in [-0.39, 0.29) is 17.6 Å². The Bertz CT molecular complexity index is 476. The van der Waals surface area contributed by atoms with Crippen molar-refractivity contribution >= 4 is 5.91 Å². The third-order valence-corrected chi connectivity index (χ3v) is 4.72. The van der Waals surface area contributed by atoms with Gasteiger partial charge in [0.2, 0.25) is 0 Å². The summed E-state index contributed by atoms with van der Waals surface area (Å²) in [4.78, 5) is 16.1. The molecular weight excluding hydrogens is 268 g/mol. The molecule has 3 heterocycles. The first-order valence-electron chi connectivity index (χ1n) is 7.70. The van der Waals surface area contributed by atoms with E-state index >= 15 is 0 Å². The van der Waals surface area contributed by atoms with E-state index in [1.54, 1.807) is 25.3 Å². The van der Waals surface area contributed by atoms with Crippen molar-refractivity contribution in [2.24, 2.45) is 0 Å². The van der Waals surface area contributed by atoms with Crippen LogP contribution in [0, 0.1) is 0 Å². The third-order valence-electron chi connectivity index (χ3n) is 4.72. The molecule has 5 heteroatoms. The van der Waals surface area contributed by atoms with Crippen LogP contribution in [0.5, 0.6) is 0 Å². The van der Waals surface area contributed by atoms with E-state index in [4.69, 9.17) is 9.15 Å². The van der Waals surface area contributed by atoms with Crippen LogP contribution in [0.3, 0.4) is 0 Å². The molecule has 5 nitrogen and oxygen atoms in total. The summed E-state index contributed by atoms with van der Waals surface area (Å²) in [5, 5.41) is 0. The average molecular weight is 292 g/mol. The van der Waals surface area contributed by atoms with Crippen molar-refractivity contribution in [1.82, 2.24) is 9.80 Å². The summed E-state index contributed by atoms with van der Waals surface area (Å²) in [5.41, 5.74) is 1.16. The number of ether oxygens (including phenoxy) is 1. The van der Waals surface area contributed by atoms with Crippen LogP contribution in [0.15, 0.2) is 23.0 Å². The van der Waals surface area contributed by atoms with Gasteiger partial charge in [-0.25, -0.2) is 0 Å². The van der Waals surface area contributed by atoms with Crippen LogP contribution in [0.2, 0.25) is 0 Å². The first-order chi connectivity index (χ1) is 10.1. The van der Waals surface area contributed by atoms with E-state index < -0.39 is 0 Å². The maximum atomic E-state index is 12.0. The predicted molar refractivity (Wildman–Crippen MR) is 78.8 cm³/mol. The second-order valence-corrected chi connectivity index (χ2v) is 6.47. The molecule has 0 radical (unpaired) electrons. The summed E-state index contributed by atoms with van der Waals surface area (Å²) in [6, 6.07) is 2.02. The summed E-state index contributed by atoms with van der Waals surface area (Å²) in [6.45, 7) is 2.98. The first-order valence-corrected chi connectivity index (χ1v) is 7.70. The number of amides is 1.